The van der Waals surface area contributed by atoms with Crippen LogP contribution in [0.5, 0.6) is 0 Å². The van der Waals surface area contributed by atoms with Gasteiger partial charge in [-0.15, -0.1) is 0 Å². The molecule has 0 unspecified atom stereocenters. The summed E-state index contributed by atoms with van der Waals surface area (Å²) in [6.45, 7) is 0. The van der Waals surface area contributed by atoms with Crippen molar-refractivity contribution in [3.8, 4) is 0 Å². The summed E-state index contributed by atoms with van der Waals surface area (Å²) >= 11 is 0. The van der Waals surface area contributed by atoms with E-state index in [-0.39, 0.29) is 11.3 Å². The fourth-order valence-corrected chi connectivity index (χ4v) is 1.71. The average molecular weight is 288 g/mol. The number of urea groups is 1. The summed E-state index contributed by atoms with van der Waals surface area (Å²) in [6.07, 6.45) is 0. The summed E-state index contributed by atoms with van der Waals surface area (Å²) in [5.74, 6) is -1.57. The number of nitrogens with zero attached hydrogens (tertiary/aromatic N) is 1. The first-order valence-corrected chi connectivity index (χ1v) is 6.11. The Labute approximate surface area is 120 Å². The van der Waals surface area contributed by atoms with Gasteiger partial charge in [-0.3, -0.25) is 4.90 Å². The third kappa shape index (κ3) is 3.36. The first-order chi connectivity index (χ1) is 9.99. The molecule has 0 aliphatic rings. The van der Waals surface area contributed by atoms with Crippen LogP contribution in [0.1, 0.15) is 10.4 Å². The number of amides is 2. The minimum atomic E-state index is -1.04. The molecule has 0 aliphatic carbocycles. The van der Waals surface area contributed by atoms with E-state index < -0.39 is 17.8 Å². The van der Waals surface area contributed by atoms with Crippen molar-refractivity contribution in [2.24, 2.45) is 0 Å². The number of carboxylic acid groups (broad SMARTS) is 1. The topological polar surface area (TPSA) is 69.6 Å². The van der Waals surface area contributed by atoms with Crippen LogP contribution in [0.25, 0.3) is 0 Å². The largest absolute Gasteiger partial charge is 0.478 e. The van der Waals surface area contributed by atoms with Crippen molar-refractivity contribution in [2.45, 2.75) is 0 Å². The van der Waals surface area contributed by atoms with Crippen LogP contribution in [0, 0.1) is 5.82 Å². The van der Waals surface area contributed by atoms with Gasteiger partial charge >= 0.3 is 12.0 Å². The van der Waals surface area contributed by atoms with Crippen LogP contribution in [-0.4, -0.2) is 24.2 Å². The van der Waals surface area contributed by atoms with Crippen molar-refractivity contribution in [2.75, 3.05) is 17.3 Å². The molecule has 6 heteroatoms. The lowest BCUT2D eigenvalue weighted by molar-refractivity contribution is 0.0697. The highest BCUT2D eigenvalue weighted by Gasteiger charge is 2.13. The van der Waals surface area contributed by atoms with Gasteiger partial charge in [-0.1, -0.05) is 12.1 Å². The standard InChI is InChI=1S/C15H13FN2O3/c1-18(11-8-6-10(7-9-11)14(19)20)15(21)17-13-5-3-2-4-12(13)16/h2-9H,1H3,(H,17,21)(H,19,20). The van der Waals surface area contributed by atoms with E-state index in [1.54, 1.807) is 6.07 Å². The number of aromatic carboxylic acids is 1. The Morgan fingerprint density at radius 1 is 1.10 bits per heavy atom. The number of halogens is 1. The number of carboxylic acids is 1. The Hall–Kier alpha value is -2.89. The Kier molecular flexibility index (Phi) is 4.18. The Morgan fingerprint density at radius 2 is 1.71 bits per heavy atom. The maximum absolute atomic E-state index is 13.5. The van der Waals surface area contributed by atoms with Crippen LogP contribution in [0.15, 0.2) is 48.5 Å². The highest BCUT2D eigenvalue weighted by Crippen LogP contribution is 2.17. The number of hydrogen-bond donors (Lipinski definition) is 2. The number of benzene rings is 2. The van der Waals surface area contributed by atoms with Gasteiger partial charge in [-0.05, 0) is 36.4 Å². The first-order valence-electron chi connectivity index (χ1n) is 6.11. The predicted molar refractivity (Wildman–Crippen MR) is 77.2 cm³/mol. The van der Waals surface area contributed by atoms with Gasteiger partial charge in [-0.25, -0.2) is 14.0 Å². The molecule has 0 saturated heterocycles. The second-order valence-corrected chi connectivity index (χ2v) is 4.32. The van der Waals surface area contributed by atoms with E-state index in [0.29, 0.717) is 5.69 Å². The summed E-state index contributed by atoms with van der Waals surface area (Å²) in [7, 11) is 1.51. The second kappa shape index (κ2) is 6.04. The molecule has 0 fully saturated rings. The molecule has 5 nitrogen and oxygen atoms in total. The highest BCUT2D eigenvalue weighted by molar-refractivity contribution is 6.01. The van der Waals surface area contributed by atoms with Crippen molar-refractivity contribution in [1.29, 1.82) is 0 Å². The summed E-state index contributed by atoms with van der Waals surface area (Å²) < 4.78 is 13.5. The lowest BCUT2D eigenvalue weighted by Crippen LogP contribution is -2.31. The fraction of sp³-hybridized carbons (Fsp3) is 0.0667. The van der Waals surface area contributed by atoms with Crippen molar-refractivity contribution >= 4 is 23.4 Å². The zero-order valence-electron chi connectivity index (χ0n) is 11.2. The number of para-hydroxylation sites is 1. The molecule has 0 spiro atoms. The van der Waals surface area contributed by atoms with E-state index in [0.717, 1.165) is 0 Å². The number of hydrogen-bond acceptors (Lipinski definition) is 2. The number of carbonyl (C=O) groups excluding carboxylic acids is 1. The zero-order valence-corrected chi connectivity index (χ0v) is 11.2. The monoisotopic (exact) mass is 288 g/mol. The molecule has 0 aliphatic heterocycles. The SMILES string of the molecule is CN(C(=O)Nc1ccccc1F)c1ccc(C(=O)O)cc1. The van der Waals surface area contributed by atoms with Gasteiger partial charge in [0, 0.05) is 12.7 Å². The minimum absolute atomic E-state index is 0.0801. The van der Waals surface area contributed by atoms with E-state index in [4.69, 9.17) is 5.11 Å². The van der Waals surface area contributed by atoms with Crippen molar-refractivity contribution in [3.63, 3.8) is 0 Å². The summed E-state index contributed by atoms with van der Waals surface area (Å²) in [5.41, 5.74) is 0.701. The molecule has 2 amide bonds. The number of anilines is 2. The van der Waals surface area contributed by atoms with Crippen molar-refractivity contribution < 1.29 is 19.1 Å². The molecule has 0 bridgehead atoms. The van der Waals surface area contributed by atoms with E-state index in [9.17, 15) is 14.0 Å². The van der Waals surface area contributed by atoms with Crippen LogP contribution < -0.4 is 10.2 Å². The third-order valence-electron chi connectivity index (χ3n) is 2.92. The molecule has 2 rings (SSSR count). The average Bonchev–Trinajstić information content (AvgIpc) is 2.49. The quantitative estimate of drug-likeness (QED) is 0.911. The summed E-state index contributed by atoms with van der Waals surface area (Å²) in [5, 5.41) is 11.3. The summed E-state index contributed by atoms with van der Waals surface area (Å²) in [4.78, 5) is 24.0. The molecule has 0 aromatic heterocycles. The fourth-order valence-electron chi connectivity index (χ4n) is 1.71. The van der Waals surface area contributed by atoms with Gasteiger partial charge in [-0.2, -0.15) is 0 Å². The van der Waals surface area contributed by atoms with Crippen LogP contribution in [0.2, 0.25) is 0 Å². The van der Waals surface area contributed by atoms with Crippen LogP contribution in [0.4, 0.5) is 20.6 Å². The predicted octanol–water partition coefficient (Wildman–Crippen LogP) is 3.19. The maximum atomic E-state index is 13.5. The van der Waals surface area contributed by atoms with E-state index >= 15 is 0 Å². The van der Waals surface area contributed by atoms with Crippen LogP contribution in [-0.2, 0) is 0 Å². The van der Waals surface area contributed by atoms with E-state index in [2.05, 4.69) is 5.32 Å². The molecule has 0 radical (unpaired) electrons. The molecule has 2 N–H and O–H groups in total. The molecule has 0 heterocycles. The van der Waals surface area contributed by atoms with Crippen molar-refractivity contribution in [1.82, 2.24) is 0 Å². The van der Waals surface area contributed by atoms with Gasteiger partial charge in [0.05, 0.1) is 11.3 Å². The Bertz CT molecular complexity index is 671. The molecule has 2 aromatic rings. The van der Waals surface area contributed by atoms with Crippen LogP contribution >= 0.6 is 0 Å². The molecular formula is C15H13FN2O3. The van der Waals surface area contributed by atoms with E-state index in [1.807, 2.05) is 0 Å². The van der Waals surface area contributed by atoms with E-state index in [1.165, 1.54) is 54.4 Å². The number of rotatable bonds is 3. The highest BCUT2D eigenvalue weighted by atomic mass is 19.1. The van der Waals surface area contributed by atoms with Gasteiger partial charge in [0.25, 0.3) is 0 Å². The second-order valence-electron chi connectivity index (χ2n) is 4.32. The molecular weight excluding hydrogens is 275 g/mol. The van der Waals surface area contributed by atoms with Crippen LogP contribution in [0.3, 0.4) is 0 Å². The maximum Gasteiger partial charge on any atom is 0.335 e. The lowest BCUT2D eigenvalue weighted by Gasteiger charge is -2.18. The minimum Gasteiger partial charge on any atom is -0.478 e. The normalized spacial score (nSPS) is 10.0. The molecule has 21 heavy (non-hydrogen) atoms. The lowest BCUT2D eigenvalue weighted by atomic mass is 10.2. The number of carbonyl (C=O) groups is 2. The van der Waals surface area contributed by atoms with Crippen molar-refractivity contribution in [3.05, 3.63) is 59.9 Å². The smallest absolute Gasteiger partial charge is 0.335 e. The molecule has 2 aromatic carbocycles. The number of nitrogens with one attached hydrogen (secondary N) is 1. The van der Waals surface area contributed by atoms with Gasteiger partial charge < -0.3 is 10.4 Å². The summed E-state index contributed by atoms with van der Waals surface area (Å²) in [6, 6.07) is 11.1. The zero-order chi connectivity index (χ0) is 15.4. The molecule has 108 valence electrons. The Morgan fingerprint density at radius 3 is 2.29 bits per heavy atom. The van der Waals surface area contributed by atoms with Gasteiger partial charge in [0.1, 0.15) is 5.82 Å². The van der Waals surface area contributed by atoms with Gasteiger partial charge in [0.15, 0.2) is 0 Å². The Balaban J connectivity index is 2.12. The third-order valence-corrected chi connectivity index (χ3v) is 2.92. The first kappa shape index (κ1) is 14.5. The molecule has 0 atom stereocenters. The van der Waals surface area contributed by atoms with Gasteiger partial charge in [0.2, 0.25) is 0 Å². The molecule has 0 saturated carbocycles.